The molecule has 8 rings (SSSR count). The van der Waals surface area contributed by atoms with E-state index >= 15 is 0 Å². The van der Waals surface area contributed by atoms with Crippen LogP contribution in [0.25, 0.3) is 11.1 Å². The first-order valence-corrected chi connectivity index (χ1v) is 20.7. The van der Waals surface area contributed by atoms with E-state index in [4.69, 9.17) is 9.57 Å². The second-order valence-electron chi connectivity index (χ2n) is 17.5. The van der Waals surface area contributed by atoms with Gasteiger partial charge in [-0.1, -0.05) is 99.6 Å². The van der Waals surface area contributed by atoms with Gasteiger partial charge in [-0.3, -0.25) is 14.4 Å². The van der Waals surface area contributed by atoms with E-state index in [2.05, 4.69) is 55.7 Å². The first-order valence-electron chi connectivity index (χ1n) is 20.7. The molecule has 308 valence electrons. The first-order chi connectivity index (χ1) is 27.8. The molecule has 0 aromatic heterocycles. The monoisotopic (exact) mass is 788 g/mol. The van der Waals surface area contributed by atoms with E-state index in [1.54, 1.807) is 19.1 Å². The standard InChI is InChI=1S/C48H60N4O6/c1-29-40-24-36(48(40,3)4)25-41(29)50-47(56)44-43(30(2)54)42(28-53)58-52(44)27-33-19-14-20-38(45(33)57-7)34-21-35(23-37(22-34)51(5)6)46(55)49-26-39(31-15-10-8-11-16-31)32-17-12-9-13-18-32/h8-23,29-30,36,39-44,53-54H,24-28H2,1-7H3,(H,49,55)(H,50,56)/t29-,30-,36-,40-,41-,42-,43-,44-/m0/s1. The molecule has 0 unspecified atom stereocenters. The second-order valence-corrected chi connectivity index (χ2v) is 17.5. The number of para-hydroxylation sites is 1. The molecule has 2 bridgehead atoms. The van der Waals surface area contributed by atoms with E-state index in [0.717, 1.165) is 39.9 Å². The molecule has 0 spiro atoms. The number of hydrogen-bond acceptors (Lipinski definition) is 8. The van der Waals surface area contributed by atoms with Crippen LogP contribution >= 0.6 is 0 Å². The molecule has 8 atom stereocenters. The molecule has 0 radical (unpaired) electrons. The average Bonchev–Trinajstić information content (AvgIpc) is 3.60. The Bertz CT molecular complexity index is 2020. The molecule has 1 heterocycles. The van der Waals surface area contributed by atoms with Crippen molar-refractivity contribution in [2.75, 3.05) is 39.3 Å². The number of amides is 2. The van der Waals surface area contributed by atoms with Gasteiger partial charge < -0.3 is 30.5 Å². The Hall–Kier alpha value is -4.74. The number of hydrogen-bond donors (Lipinski definition) is 4. The number of ether oxygens (including phenoxy) is 1. The van der Waals surface area contributed by atoms with Crippen molar-refractivity contribution in [3.63, 3.8) is 0 Å². The van der Waals surface area contributed by atoms with Gasteiger partial charge >= 0.3 is 0 Å². The Morgan fingerprint density at radius 2 is 1.64 bits per heavy atom. The van der Waals surface area contributed by atoms with Crippen LogP contribution in [0.4, 0.5) is 5.69 Å². The quantitative estimate of drug-likeness (QED) is 0.112. The van der Waals surface area contributed by atoms with Crippen molar-refractivity contribution in [1.29, 1.82) is 0 Å². The van der Waals surface area contributed by atoms with E-state index in [9.17, 15) is 19.8 Å². The highest BCUT2D eigenvalue weighted by molar-refractivity contribution is 5.97. The van der Waals surface area contributed by atoms with Gasteiger partial charge in [0.05, 0.1) is 26.4 Å². The van der Waals surface area contributed by atoms with Crippen LogP contribution in [0.15, 0.2) is 97.1 Å². The van der Waals surface area contributed by atoms with Crippen LogP contribution in [0.2, 0.25) is 0 Å². The fraction of sp³-hybridized carbons (Fsp3) is 0.458. The van der Waals surface area contributed by atoms with Crippen LogP contribution in [0.3, 0.4) is 0 Å². The number of carbonyl (C=O) groups is 2. The molecule has 4 N–H and O–H groups in total. The topological polar surface area (TPSA) is 124 Å². The predicted molar refractivity (Wildman–Crippen MR) is 227 cm³/mol. The van der Waals surface area contributed by atoms with Crippen LogP contribution in [-0.4, -0.2) is 85.7 Å². The van der Waals surface area contributed by atoms with Gasteiger partial charge in [-0.05, 0) is 77.8 Å². The molecule has 3 saturated carbocycles. The number of aliphatic hydroxyl groups excluding tert-OH is 2. The van der Waals surface area contributed by atoms with Gasteiger partial charge in [0.15, 0.2) is 0 Å². The molecule has 4 fully saturated rings. The second kappa shape index (κ2) is 17.2. The first kappa shape index (κ1) is 41.4. The minimum atomic E-state index is -0.906. The normalized spacial score (nSPS) is 25.4. The molecule has 58 heavy (non-hydrogen) atoms. The highest BCUT2D eigenvalue weighted by atomic mass is 16.7. The molecule has 1 aliphatic heterocycles. The van der Waals surface area contributed by atoms with Crippen LogP contribution in [0, 0.1) is 29.1 Å². The third-order valence-corrected chi connectivity index (χ3v) is 13.6. The van der Waals surface area contributed by atoms with Crippen molar-refractivity contribution in [3.05, 3.63) is 119 Å². The number of benzene rings is 4. The summed E-state index contributed by atoms with van der Waals surface area (Å²) >= 11 is 0. The van der Waals surface area contributed by atoms with Crippen molar-refractivity contribution >= 4 is 17.5 Å². The zero-order chi connectivity index (χ0) is 41.3. The number of hydroxylamine groups is 2. The van der Waals surface area contributed by atoms with Gasteiger partial charge in [0.2, 0.25) is 5.91 Å². The minimum absolute atomic E-state index is 0.0268. The number of nitrogens with zero attached hydrogens (tertiary/aromatic N) is 2. The zero-order valence-corrected chi connectivity index (χ0v) is 34.9. The van der Waals surface area contributed by atoms with E-state index < -0.39 is 24.2 Å². The smallest absolute Gasteiger partial charge is 0.251 e. The number of fused-ring (bicyclic) bond motifs is 2. The fourth-order valence-corrected chi connectivity index (χ4v) is 10.1. The summed E-state index contributed by atoms with van der Waals surface area (Å²) in [5.41, 5.74) is 6.19. The van der Waals surface area contributed by atoms with E-state index in [0.29, 0.717) is 35.6 Å². The number of aliphatic hydroxyl groups is 2. The number of nitrogens with one attached hydrogen (secondary N) is 2. The Morgan fingerprint density at radius 1 is 0.966 bits per heavy atom. The lowest BCUT2D eigenvalue weighted by atomic mass is 9.45. The molecule has 1 saturated heterocycles. The Morgan fingerprint density at radius 3 is 2.21 bits per heavy atom. The van der Waals surface area contributed by atoms with Crippen LogP contribution in [0.5, 0.6) is 5.75 Å². The summed E-state index contributed by atoms with van der Waals surface area (Å²) < 4.78 is 6.12. The molecule has 4 aromatic rings. The molecule has 4 aliphatic rings. The third-order valence-electron chi connectivity index (χ3n) is 13.6. The Labute approximate surface area is 343 Å². The van der Waals surface area contributed by atoms with Crippen molar-refractivity contribution < 1.29 is 29.4 Å². The van der Waals surface area contributed by atoms with E-state index in [-0.39, 0.29) is 42.3 Å². The number of methoxy groups -OCH3 is 1. The van der Waals surface area contributed by atoms with Crippen molar-refractivity contribution in [2.24, 2.45) is 29.1 Å². The van der Waals surface area contributed by atoms with Crippen molar-refractivity contribution in [2.45, 2.75) is 77.3 Å². The van der Waals surface area contributed by atoms with Crippen molar-refractivity contribution in [3.8, 4) is 16.9 Å². The van der Waals surface area contributed by atoms with Gasteiger partial charge in [-0.15, -0.1) is 0 Å². The highest BCUT2D eigenvalue weighted by Gasteiger charge is 2.57. The lowest BCUT2D eigenvalue weighted by Crippen LogP contribution is -2.62. The fourth-order valence-electron chi connectivity index (χ4n) is 10.1. The highest BCUT2D eigenvalue weighted by Crippen LogP contribution is 2.61. The summed E-state index contributed by atoms with van der Waals surface area (Å²) in [6, 6.07) is 31.2. The van der Waals surface area contributed by atoms with Gasteiger partial charge in [-0.2, -0.15) is 5.06 Å². The molecule has 2 amide bonds. The summed E-state index contributed by atoms with van der Waals surface area (Å²) in [5.74, 6) is 0.950. The Balaban J connectivity index is 1.16. The molecular weight excluding hydrogens is 729 g/mol. The third kappa shape index (κ3) is 8.12. The Kier molecular flexibility index (Phi) is 12.3. The van der Waals surface area contributed by atoms with Gasteiger partial charge in [0.25, 0.3) is 5.91 Å². The maximum atomic E-state index is 14.3. The molecule has 10 nitrogen and oxygen atoms in total. The number of carbonyl (C=O) groups excluding carboxylic acids is 2. The van der Waals surface area contributed by atoms with E-state index in [1.807, 2.05) is 91.8 Å². The summed E-state index contributed by atoms with van der Waals surface area (Å²) in [6.07, 6.45) is 0.457. The minimum Gasteiger partial charge on any atom is -0.496 e. The summed E-state index contributed by atoms with van der Waals surface area (Å²) in [4.78, 5) is 36.6. The van der Waals surface area contributed by atoms with Gasteiger partial charge in [0.1, 0.15) is 17.9 Å². The number of rotatable bonds is 14. The van der Waals surface area contributed by atoms with Crippen LogP contribution in [0.1, 0.15) is 73.5 Å². The molecule has 10 heteroatoms. The van der Waals surface area contributed by atoms with Gasteiger partial charge in [0, 0.05) is 60.9 Å². The maximum absolute atomic E-state index is 14.3. The predicted octanol–water partition coefficient (Wildman–Crippen LogP) is 6.65. The van der Waals surface area contributed by atoms with E-state index in [1.165, 1.54) is 6.42 Å². The zero-order valence-electron chi connectivity index (χ0n) is 34.9. The SMILES string of the molecule is COc1c(CN2O[C@@H](CO)[C@H]([C@H](C)O)[C@H]2C(=O)N[C@H]2C[C@@H]3C[C@@H]([C@@H]2C)C3(C)C)cccc1-c1cc(C(=O)NCC(c2ccccc2)c2ccccc2)cc(N(C)C)c1. The molecule has 4 aromatic carbocycles. The average molecular weight is 789 g/mol. The maximum Gasteiger partial charge on any atom is 0.251 e. The summed E-state index contributed by atoms with van der Waals surface area (Å²) in [6.45, 7) is 8.80. The number of anilines is 1. The van der Waals surface area contributed by atoms with Gasteiger partial charge in [-0.25, -0.2) is 0 Å². The lowest BCUT2D eigenvalue weighted by Gasteiger charge is -2.62. The molecule has 3 aliphatic carbocycles. The summed E-state index contributed by atoms with van der Waals surface area (Å²) in [5, 5.41) is 29.6. The summed E-state index contributed by atoms with van der Waals surface area (Å²) in [7, 11) is 5.50. The lowest BCUT2D eigenvalue weighted by molar-refractivity contribution is -0.183. The van der Waals surface area contributed by atoms with Crippen LogP contribution in [-0.2, 0) is 16.2 Å². The van der Waals surface area contributed by atoms with Crippen LogP contribution < -0.4 is 20.3 Å². The molecular formula is C48H60N4O6. The largest absolute Gasteiger partial charge is 0.496 e. The van der Waals surface area contributed by atoms with Crippen molar-refractivity contribution in [1.82, 2.24) is 15.7 Å².